The van der Waals surface area contributed by atoms with Crippen LogP contribution in [0.2, 0.25) is 0 Å². The number of nitrogens with one attached hydrogen (secondary N) is 2. The molecular weight excluding hydrogens is 248 g/mol. The summed E-state index contributed by atoms with van der Waals surface area (Å²) in [6.45, 7) is 6.38. The molecule has 2 amide bonds. The average molecular weight is 268 g/mol. The van der Waals surface area contributed by atoms with E-state index >= 15 is 0 Å². The molecule has 0 saturated heterocycles. The summed E-state index contributed by atoms with van der Waals surface area (Å²) in [5.41, 5.74) is 2.71. The van der Waals surface area contributed by atoms with Crippen molar-refractivity contribution in [3.8, 4) is 0 Å². The second kappa shape index (κ2) is 5.78. The van der Waals surface area contributed by atoms with Crippen LogP contribution in [0, 0.1) is 0 Å². The highest BCUT2D eigenvalue weighted by Gasteiger charge is 2.18. The molecular formula is C17H20N2O. The van der Waals surface area contributed by atoms with E-state index in [0.717, 1.165) is 16.9 Å². The Morgan fingerprint density at radius 1 is 0.850 bits per heavy atom. The number of urea groups is 1. The van der Waals surface area contributed by atoms with Gasteiger partial charge in [0.15, 0.2) is 0 Å². The van der Waals surface area contributed by atoms with Crippen LogP contribution in [0.15, 0.2) is 54.6 Å². The third kappa shape index (κ3) is 3.60. The zero-order chi connectivity index (χ0) is 14.6. The number of rotatable bonds is 2. The maximum Gasteiger partial charge on any atom is 0.323 e. The molecule has 0 atom stereocenters. The summed E-state index contributed by atoms with van der Waals surface area (Å²) >= 11 is 0. The zero-order valence-corrected chi connectivity index (χ0v) is 12.1. The monoisotopic (exact) mass is 268 g/mol. The second-order valence-electron chi connectivity index (χ2n) is 5.74. The minimum absolute atomic E-state index is 0.0172. The SMILES string of the molecule is CC(C)(C)c1ccccc1NC(=O)Nc1ccccc1. The molecule has 2 aromatic carbocycles. The van der Waals surface area contributed by atoms with Crippen LogP contribution in [-0.4, -0.2) is 6.03 Å². The number of hydrogen-bond acceptors (Lipinski definition) is 1. The molecule has 0 aromatic heterocycles. The Morgan fingerprint density at radius 2 is 1.45 bits per heavy atom. The summed E-state index contributed by atoms with van der Waals surface area (Å²) in [5, 5.41) is 5.73. The van der Waals surface area contributed by atoms with E-state index in [0.29, 0.717) is 0 Å². The Balaban J connectivity index is 2.13. The van der Waals surface area contributed by atoms with Crippen molar-refractivity contribution < 1.29 is 4.79 Å². The number of carbonyl (C=O) groups excluding carboxylic acids is 1. The lowest BCUT2D eigenvalue weighted by molar-refractivity contribution is 0.262. The van der Waals surface area contributed by atoms with Gasteiger partial charge in [0.05, 0.1) is 0 Å². The number of para-hydroxylation sites is 2. The number of anilines is 2. The van der Waals surface area contributed by atoms with Crippen molar-refractivity contribution in [3.05, 3.63) is 60.2 Å². The summed E-state index contributed by atoms with van der Waals surface area (Å²) in [4.78, 5) is 12.0. The van der Waals surface area contributed by atoms with Crippen LogP contribution in [0.1, 0.15) is 26.3 Å². The quantitative estimate of drug-likeness (QED) is 0.819. The third-order valence-electron chi connectivity index (χ3n) is 3.01. The van der Waals surface area contributed by atoms with Gasteiger partial charge in [0.2, 0.25) is 0 Å². The first-order valence-corrected chi connectivity index (χ1v) is 6.69. The van der Waals surface area contributed by atoms with E-state index in [1.54, 1.807) is 0 Å². The smallest absolute Gasteiger partial charge is 0.308 e. The fourth-order valence-corrected chi connectivity index (χ4v) is 2.05. The van der Waals surface area contributed by atoms with Gasteiger partial charge in [-0.05, 0) is 29.2 Å². The van der Waals surface area contributed by atoms with Crippen LogP contribution in [-0.2, 0) is 5.41 Å². The first-order valence-electron chi connectivity index (χ1n) is 6.69. The standard InChI is InChI=1S/C17H20N2O/c1-17(2,3)14-11-7-8-12-15(14)19-16(20)18-13-9-5-4-6-10-13/h4-12H,1-3H3,(H2,18,19,20). The molecule has 3 heteroatoms. The van der Waals surface area contributed by atoms with E-state index in [2.05, 4.69) is 31.4 Å². The predicted octanol–water partition coefficient (Wildman–Crippen LogP) is 4.63. The van der Waals surface area contributed by atoms with Gasteiger partial charge in [0.1, 0.15) is 0 Å². The molecule has 3 nitrogen and oxygen atoms in total. The molecule has 0 aliphatic rings. The van der Waals surface area contributed by atoms with Gasteiger partial charge in [0.25, 0.3) is 0 Å². The van der Waals surface area contributed by atoms with Gasteiger partial charge in [-0.1, -0.05) is 57.2 Å². The van der Waals surface area contributed by atoms with E-state index in [9.17, 15) is 4.79 Å². The van der Waals surface area contributed by atoms with Gasteiger partial charge < -0.3 is 10.6 Å². The maximum absolute atomic E-state index is 12.0. The summed E-state index contributed by atoms with van der Waals surface area (Å²) in [6.07, 6.45) is 0. The Labute approximate surface area is 120 Å². The number of carbonyl (C=O) groups is 1. The molecule has 20 heavy (non-hydrogen) atoms. The van der Waals surface area contributed by atoms with Gasteiger partial charge in [-0.3, -0.25) is 0 Å². The minimum Gasteiger partial charge on any atom is -0.308 e. The molecule has 0 heterocycles. The van der Waals surface area contributed by atoms with Crippen LogP contribution in [0.4, 0.5) is 16.2 Å². The molecule has 0 spiro atoms. The third-order valence-corrected chi connectivity index (χ3v) is 3.01. The van der Waals surface area contributed by atoms with Crippen LogP contribution in [0.25, 0.3) is 0 Å². The van der Waals surface area contributed by atoms with Gasteiger partial charge in [-0.25, -0.2) is 4.79 Å². The molecule has 0 fully saturated rings. The molecule has 0 bridgehead atoms. The van der Waals surface area contributed by atoms with E-state index in [1.165, 1.54) is 0 Å². The Morgan fingerprint density at radius 3 is 2.10 bits per heavy atom. The molecule has 0 radical (unpaired) electrons. The molecule has 2 aromatic rings. The summed E-state index contributed by atoms with van der Waals surface area (Å²) in [6, 6.07) is 17.0. The molecule has 0 aliphatic carbocycles. The fourth-order valence-electron chi connectivity index (χ4n) is 2.05. The maximum atomic E-state index is 12.0. The van der Waals surface area contributed by atoms with E-state index in [-0.39, 0.29) is 11.4 Å². The first kappa shape index (κ1) is 14.1. The average Bonchev–Trinajstić information content (AvgIpc) is 2.39. The zero-order valence-electron chi connectivity index (χ0n) is 12.1. The minimum atomic E-state index is -0.229. The van der Waals surface area contributed by atoms with Crippen molar-refractivity contribution in [1.82, 2.24) is 0 Å². The van der Waals surface area contributed by atoms with Crippen molar-refractivity contribution in [2.45, 2.75) is 26.2 Å². The van der Waals surface area contributed by atoms with E-state index in [4.69, 9.17) is 0 Å². The largest absolute Gasteiger partial charge is 0.323 e. The van der Waals surface area contributed by atoms with Crippen molar-refractivity contribution in [2.24, 2.45) is 0 Å². The van der Waals surface area contributed by atoms with E-state index < -0.39 is 0 Å². The molecule has 2 rings (SSSR count). The van der Waals surface area contributed by atoms with Crippen LogP contribution >= 0.6 is 0 Å². The Hall–Kier alpha value is -2.29. The number of amides is 2. The van der Waals surface area contributed by atoms with Crippen LogP contribution in [0.3, 0.4) is 0 Å². The van der Waals surface area contributed by atoms with E-state index in [1.807, 2.05) is 54.6 Å². The normalized spacial score (nSPS) is 10.9. The van der Waals surface area contributed by atoms with Crippen molar-refractivity contribution in [1.29, 1.82) is 0 Å². The Bertz CT molecular complexity index is 585. The molecule has 0 aliphatic heterocycles. The molecule has 104 valence electrons. The van der Waals surface area contributed by atoms with Crippen molar-refractivity contribution in [2.75, 3.05) is 10.6 Å². The highest BCUT2D eigenvalue weighted by Crippen LogP contribution is 2.29. The number of hydrogen-bond donors (Lipinski definition) is 2. The van der Waals surface area contributed by atoms with Gasteiger partial charge in [-0.15, -0.1) is 0 Å². The first-order chi connectivity index (χ1) is 9.47. The van der Waals surface area contributed by atoms with Gasteiger partial charge in [-0.2, -0.15) is 0 Å². The lowest BCUT2D eigenvalue weighted by atomic mass is 9.86. The lowest BCUT2D eigenvalue weighted by Crippen LogP contribution is -2.22. The van der Waals surface area contributed by atoms with Crippen LogP contribution < -0.4 is 10.6 Å². The fraction of sp³-hybridized carbons (Fsp3) is 0.235. The molecule has 2 N–H and O–H groups in total. The lowest BCUT2D eigenvalue weighted by Gasteiger charge is -2.23. The van der Waals surface area contributed by atoms with Gasteiger partial charge >= 0.3 is 6.03 Å². The molecule has 0 saturated carbocycles. The highest BCUT2D eigenvalue weighted by atomic mass is 16.2. The highest BCUT2D eigenvalue weighted by molar-refractivity contribution is 6.00. The van der Waals surface area contributed by atoms with Crippen molar-refractivity contribution in [3.63, 3.8) is 0 Å². The predicted molar refractivity (Wildman–Crippen MR) is 84.2 cm³/mol. The topological polar surface area (TPSA) is 41.1 Å². The summed E-state index contributed by atoms with van der Waals surface area (Å²) in [7, 11) is 0. The van der Waals surface area contributed by atoms with Crippen LogP contribution in [0.5, 0.6) is 0 Å². The summed E-state index contributed by atoms with van der Waals surface area (Å²) < 4.78 is 0. The van der Waals surface area contributed by atoms with Crippen molar-refractivity contribution >= 4 is 17.4 Å². The summed E-state index contributed by atoms with van der Waals surface area (Å²) in [5.74, 6) is 0. The van der Waals surface area contributed by atoms with Gasteiger partial charge in [0, 0.05) is 11.4 Å². The second-order valence-corrected chi connectivity index (χ2v) is 5.74. The Kier molecular flexibility index (Phi) is 4.08. The molecule has 0 unspecified atom stereocenters. The number of benzene rings is 2.